The van der Waals surface area contributed by atoms with Crippen molar-refractivity contribution in [2.75, 3.05) is 6.54 Å². The first-order chi connectivity index (χ1) is 13.4. The molecule has 0 radical (unpaired) electrons. The number of likely N-dealkylation sites (tertiary alicyclic amines) is 1. The van der Waals surface area contributed by atoms with Gasteiger partial charge in [0.15, 0.2) is 0 Å². The van der Waals surface area contributed by atoms with E-state index < -0.39 is 11.7 Å². The van der Waals surface area contributed by atoms with Gasteiger partial charge in [-0.2, -0.15) is 13.2 Å². The van der Waals surface area contributed by atoms with Crippen LogP contribution in [0.25, 0.3) is 10.9 Å². The van der Waals surface area contributed by atoms with E-state index >= 15 is 0 Å². The van der Waals surface area contributed by atoms with E-state index in [9.17, 15) is 13.2 Å². The molecule has 0 saturated carbocycles. The van der Waals surface area contributed by atoms with Crippen LogP contribution in [0.4, 0.5) is 13.2 Å². The highest BCUT2D eigenvalue weighted by atomic mass is 19.4. The van der Waals surface area contributed by atoms with Gasteiger partial charge in [0.05, 0.1) is 5.56 Å². The van der Waals surface area contributed by atoms with Crippen LogP contribution in [-0.4, -0.2) is 22.1 Å². The Bertz CT molecular complexity index is 930. The second kappa shape index (κ2) is 7.63. The van der Waals surface area contributed by atoms with Crippen molar-refractivity contribution >= 4 is 10.9 Å². The number of benzene rings is 2. The summed E-state index contributed by atoms with van der Waals surface area (Å²) < 4.78 is 41.1. The molecule has 0 amide bonds. The number of piperidine rings is 1. The Morgan fingerprint density at radius 2 is 1.82 bits per heavy atom. The van der Waals surface area contributed by atoms with Crippen molar-refractivity contribution in [3.05, 3.63) is 71.9 Å². The van der Waals surface area contributed by atoms with E-state index in [1.165, 1.54) is 30.5 Å². The van der Waals surface area contributed by atoms with Crippen LogP contribution in [0.2, 0.25) is 0 Å². The molecule has 1 aliphatic heterocycles. The monoisotopic (exact) mass is 386 g/mol. The van der Waals surface area contributed by atoms with Crippen LogP contribution in [0, 0.1) is 5.92 Å². The maximum Gasteiger partial charge on any atom is 0.416 e. The fraction of sp³-hybridized carbons (Fsp3) is 0.391. The van der Waals surface area contributed by atoms with Gasteiger partial charge in [-0.25, -0.2) is 0 Å². The van der Waals surface area contributed by atoms with Crippen molar-refractivity contribution < 1.29 is 13.2 Å². The molecule has 5 heteroatoms. The highest BCUT2D eigenvalue weighted by Gasteiger charge is 2.31. The van der Waals surface area contributed by atoms with Gasteiger partial charge in [-0.05, 0) is 55.1 Å². The van der Waals surface area contributed by atoms with Gasteiger partial charge < -0.3 is 4.57 Å². The predicted molar refractivity (Wildman–Crippen MR) is 106 cm³/mol. The summed E-state index contributed by atoms with van der Waals surface area (Å²) in [7, 11) is 0. The average molecular weight is 386 g/mol. The van der Waals surface area contributed by atoms with Crippen LogP contribution in [0.15, 0.2) is 60.8 Å². The molecule has 2 unspecified atom stereocenters. The van der Waals surface area contributed by atoms with Crippen LogP contribution < -0.4 is 0 Å². The minimum Gasteiger partial charge on any atom is -0.346 e. The lowest BCUT2D eigenvalue weighted by atomic mass is 9.90. The lowest BCUT2D eigenvalue weighted by molar-refractivity contribution is -0.137. The highest BCUT2D eigenvalue weighted by molar-refractivity contribution is 5.81. The molecule has 0 aliphatic carbocycles. The number of hydrogen-bond donors (Lipinski definition) is 0. The maximum atomic E-state index is 13.0. The lowest BCUT2D eigenvalue weighted by Crippen LogP contribution is -2.46. The first kappa shape index (κ1) is 19.1. The van der Waals surface area contributed by atoms with E-state index in [4.69, 9.17) is 0 Å². The number of halogens is 3. The Kier molecular flexibility index (Phi) is 5.19. The summed E-state index contributed by atoms with van der Waals surface area (Å²) in [5, 5.41) is 0.646. The molecule has 28 heavy (non-hydrogen) atoms. The second-order valence-corrected chi connectivity index (χ2v) is 7.88. The molecule has 148 valence electrons. The fourth-order valence-electron chi connectivity index (χ4n) is 4.38. The van der Waals surface area contributed by atoms with Gasteiger partial charge in [-0.3, -0.25) is 4.90 Å². The molecule has 2 heterocycles. The van der Waals surface area contributed by atoms with E-state index in [2.05, 4.69) is 40.7 Å². The summed E-state index contributed by atoms with van der Waals surface area (Å²) >= 11 is 0. The lowest BCUT2D eigenvalue weighted by Gasteiger charge is -2.40. The molecule has 3 aromatic rings. The molecule has 1 aliphatic rings. The molecular weight excluding hydrogens is 361 g/mol. The minimum absolute atomic E-state index is 0.367. The van der Waals surface area contributed by atoms with E-state index in [0.29, 0.717) is 17.3 Å². The van der Waals surface area contributed by atoms with Crippen LogP contribution >= 0.6 is 0 Å². The number of aromatic nitrogens is 1. The number of hydrogen-bond acceptors (Lipinski definition) is 1. The Labute approximate surface area is 163 Å². The summed E-state index contributed by atoms with van der Waals surface area (Å²) in [4.78, 5) is 2.53. The Hall–Kier alpha value is -2.27. The molecule has 1 aromatic heterocycles. The van der Waals surface area contributed by atoms with Gasteiger partial charge in [0.25, 0.3) is 0 Å². The molecule has 2 nitrogen and oxygen atoms in total. The summed E-state index contributed by atoms with van der Waals surface area (Å²) in [6, 6.07) is 16.7. The van der Waals surface area contributed by atoms with Crippen LogP contribution in [0.3, 0.4) is 0 Å². The molecule has 2 aromatic carbocycles. The van der Waals surface area contributed by atoms with Crippen LogP contribution in [-0.2, 0) is 19.3 Å². The van der Waals surface area contributed by atoms with Crippen molar-refractivity contribution in [2.45, 2.75) is 45.1 Å². The van der Waals surface area contributed by atoms with Gasteiger partial charge in [-0.1, -0.05) is 37.3 Å². The summed E-state index contributed by atoms with van der Waals surface area (Å²) in [6.07, 6.45) is -0.00719. The summed E-state index contributed by atoms with van der Waals surface area (Å²) in [5.74, 6) is 0.546. The van der Waals surface area contributed by atoms with Crippen molar-refractivity contribution in [3.63, 3.8) is 0 Å². The zero-order valence-corrected chi connectivity index (χ0v) is 16.0. The zero-order chi connectivity index (χ0) is 19.7. The largest absolute Gasteiger partial charge is 0.416 e. The molecule has 1 fully saturated rings. The zero-order valence-electron chi connectivity index (χ0n) is 16.0. The van der Waals surface area contributed by atoms with Gasteiger partial charge in [0, 0.05) is 36.2 Å². The van der Waals surface area contributed by atoms with Crippen LogP contribution in [0.5, 0.6) is 0 Å². The summed E-state index contributed by atoms with van der Waals surface area (Å²) in [6.45, 7) is 5.05. The highest BCUT2D eigenvalue weighted by Crippen LogP contribution is 2.32. The molecule has 0 spiro atoms. The Balaban J connectivity index is 1.58. The van der Waals surface area contributed by atoms with Crippen molar-refractivity contribution in [2.24, 2.45) is 5.92 Å². The number of rotatable bonds is 4. The maximum absolute atomic E-state index is 13.0. The molecule has 0 N–H and O–H groups in total. The van der Waals surface area contributed by atoms with E-state index in [1.54, 1.807) is 12.1 Å². The molecule has 0 bridgehead atoms. The third kappa shape index (κ3) is 3.95. The Morgan fingerprint density at radius 1 is 1.04 bits per heavy atom. The first-order valence-corrected chi connectivity index (χ1v) is 9.86. The van der Waals surface area contributed by atoms with Crippen molar-refractivity contribution in [3.8, 4) is 0 Å². The average Bonchev–Trinajstić information content (AvgIpc) is 3.07. The van der Waals surface area contributed by atoms with Crippen molar-refractivity contribution in [1.82, 2.24) is 9.47 Å². The second-order valence-electron chi connectivity index (χ2n) is 7.88. The number of nitrogens with zero attached hydrogens (tertiary/aromatic N) is 2. The summed E-state index contributed by atoms with van der Waals surface area (Å²) in [5.41, 5.74) is 1.58. The topological polar surface area (TPSA) is 8.17 Å². The van der Waals surface area contributed by atoms with Gasteiger partial charge in [0.2, 0.25) is 0 Å². The fourth-order valence-corrected chi connectivity index (χ4v) is 4.38. The van der Waals surface area contributed by atoms with Crippen LogP contribution in [0.1, 0.15) is 30.9 Å². The van der Waals surface area contributed by atoms with Gasteiger partial charge in [-0.15, -0.1) is 0 Å². The third-order valence-corrected chi connectivity index (χ3v) is 5.94. The van der Waals surface area contributed by atoms with Gasteiger partial charge >= 0.3 is 6.18 Å². The molecule has 2 atom stereocenters. The smallest absolute Gasteiger partial charge is 0.346 e. The minimum atomic E-state index is -4.30. The van der Waals surface area contributed by atoms with E-state index in [0.717, 1.165) is 25.2 Å². The molecular formula is C23H25F3N2. The Morgan fingerprint density at radius 3 is 2.57 bits per heavy atom. The van der Waals surface area contributed by atoms with Gasteiger partial charge in [0.1, 0.15) is 0 Å². The molecule has 4 rings (SSSR count). The van der Waals surface area contributed by atoms with E-state index in [1.807, 2.05) is 12.3 Å². The SMILES string of the molecule is CC1CCCN(Cc2ccccc2)C1Cn1ccc2cc(C(F)(F)F)ccc21. The number of fused-ring (bicyclic) bond motifs is 1. The number of alkyl halides is 3. The predicted octanol–water partition coefficient (Wildman–Crippen LogP) is 5.96. The third-order valence-electron chi connectivity index (χ3n) is 5.94. The first-order valence-electron chi connectivity index (χ1n) is 9.86. The standard InChI is InChI=1S/C23H25F3N2/c1-17-6-5-12-27(15-18-7-3-2-4-8-18)22(17)16-28-13-11-19-14-20(23(24,25)26)9-10-21(19)28/h2-4,7-11,13-14,17,22H,5-6,12,15-16H2,1H3. The molecule has 1 saturated heterocycles. The quantitative estimate of drug-likeness (QED) is 0.537. The van der Waals surface area contributed by atoms with Crippen molar-refractivity contribution in [1.29, 1.82) is 0 Å². The normalized spacial score (nSPS) is 21.3. The van der Waals surface area contributed by atoms with E-state index in [-0.39, 0.29) is 0 Å².